The predicted octanol–water partition coefficient (Wildman–Crippen LogP) is 0.0894. The van der Waals surface area contributed by atoms with Gasteiger partial charge < -0.3 is 6.15 Å². The fraction of sp³-hybridized carbons (Fsp3) is 0. The van der Waals surface area contributed by atoms with Gasteiger partial charge in [-0.05, 0) is 0 Å². The van der Waals surface area contributed by atoms with Gasteiger partial charge in [-0.1, -0.05) is 0 Å². The second-order valence-corrected chi connectivity index (χ2v) is 0. The van der Waals surface area contributed by atoms with Crippen LogP contribution in [0.1, 0.15) is 0 Å². The molecule has 0 saturated heterocycles. The van der Waals surface area contributed by atoms with Gasteiger partial charge in [0.2, 0.25) is 0 Å². The van der Waals surface area contributed by atoms with Crippen LogP contribution < -0.4 is 6.15 Å². The summed E-state index contributed by atoms with van der Waals surface area (Å²) in [6.07, 6.45) is 0. The summed E-state index contributed by atoms with van der Waals surface area (Å²) in [5.41, 5.74) is 0. The second-order valence-electron chi connectivity index (χ2n) is 0. The van der Waals surface area contributed by atoms with Gasteiger partial charge in [-0.2, -0.15) is 0 Å². The van der Waals surface area contributed by atoms with Gasteiger partial charge in [0.15, 0.2) is 0 Å². The molecule has 0 bridgehead atoms. The minimum absolute atomic E-state index is 0. The molecule has 0 aromatic heterocycles. The number of halogens is 2. The molecule has 0 amide bonds. The molecule has 0 spiro atoms. The molecule has 0 aromatic carbocycles. The van der Waals surface area contributed by atoms with Crippen LogP contribution in [0.4, 0.5) is 0 Å². The Labute approximate surface area is 58.1 Å². The van der Waals surface area contributed by atoms with Crippen LogP contribution in [0.25, 0.3) is 0 Å². The number of hydrogen-bond acceptors (Lipinski definition) is 1. The van der Waals surface area contributed by atoms with E-state index in [1.165, 1.54) is 0 Å². The second kappa shape index (κ2) is 25.0. The first-order valence-corrected chi connectivity index (χ1v) is 0. The summed E-state index contributed by atoms with van der Waals surface area (Å²) in [7, 11) is 0. The van der Waals surface area contributed by atoms with Crippen molar-refractivity contribution in [3.63, 3.8) is 0 Å². The molecule has 0 heterocycles. The molecule has 2 radical (unpaired) electrons. The van der Waals surface area contributed by atoms with E-state index >= 15 is 0 Å². The van der Waals surface area contributed by atoms with E-state index in [1.807, 2.05) is 0 Å². The van der Waals surface area contributed by atoms with E-state index < -0.39 is 0 Å². The van der Waals surface area contributed by atoms with Crippen LogP contribution in [0.5, 0.6) is 0 Å². The van der Waals surface area contributed by atoms with E-state index in [4.69, 9.17) is 0 Å². The van der Waals surface area contributed by atoms with Gasteiger partial charge in [0.1, 0.15) is 0 Å². The molecular formula is H7Cl2NPb. The van der Waals surface area contributed by atoms with E-state index in [-0.39, 0.29) is 58.3 Å². The normalized spacial score (nSPS) is 0. The molecule has 3 N–H and O–H groups in total. The maximum atomic E-state index is 0. The summed E-state index contributed by atoms with van der Waals surface area (Å²) in [6, 6.07) is 0. The van der Waals surface area contributed by atoms with Crippen molar-refractivity contribution in [2.45, 2.75) is 0 Å². The molecule has 4 heavy (non-hydrogen) atoms. The van der Waals surface area contributed by atoms with Crippen molar-refractivity contribution < 1.29 is 0 Å². The third-order valence-corrected chi connectivity index (χ3v) is 0. The topological polar surface area (TPSA) is 35.0 Å². The molecule has 0 aliphatic heterocycles. The van der Waals surface area contributed by atoms with Crippen LogP contribution in [-0.4, -0.2) is 27.3 Å². The van der Waals surface area contributed by atoms with Crippen molar-refractivity contribution >= 4 is 52.1 Å². The minimum atomic E-state index is 0. The van der Waals surface area contributed by atoms with Crippen molar-refractivity contribution in [2.24, 2.45) is 0 Å². The van der Waals surface area contributed by atoms with E-state index in [2.05, 4.69) is 0 Å². The van der Waals surface area contributed by atoms with Crippen molar-refractivity contribution in [1.29, 1.82) is 0 Å². The molecule has 0 aromatic rings. The van der Waals surface area contributed by atoms with Crippen LogP contribution in [-0.2, 0) is 0 Å². The first-order chi connectivity index (χ1) is 0. The molecule has 0 saturated carbocycles. The fourth-order valence-electron chi connectivity index (χ4n) is 0. The Morgan fingerprint density at radius 1 is 0.750 bits per heavy atom. The van der Waals surface area contributed by atoms with E-state index in [9.17, 15) is 0 Å². The molecule has 30 valence electrons. The Morgan fingerprint density at radius 2 is 0.750 bits per heavy atom. The standard InChI is InChI=1S/2ClH.H3N.Pb.2H/h2*1H;1H3;;;. The summed E-state index contributed by atoms with van der Waals surface area (Å²) < 4.78 is 0. The third kappa shape index (κ3) is 9.82. The number of rotatable bonds is 0. The SMILES string of the molecule is Cl.Cl.N.[PbH2]. The van der Waals surface area contributed by atoms with Crippen LogP contribution >= 0.6 is 24.8 Å². The molecule has 0 fully saturated rings. The average Bonchev–Trinajstić information content (AvgIpc) is 0. The third-order valence-electron chi connectivity index (χ3n) is 0. The zero-order valence-corrected chi connectivity index (χ0v) is 9.36. The van der Waals surface area contributed by atoms with Crippen LogP contribution in [0.15, 0.2) is 0 Å². The van der Waals surface area contributed by atoms with Crippen molar-refractivity contribution in [3.8, 4) is 0 Å². The predicted molar refractivity (Wildman–Crippen MR) is 28.1 cm³/mol. The summed E-state index contributed by atoms with van der Waals surface area (Å²) in [5, 5.41) is 0. The first-order valence-electron chi connectivity index (χ1n) is 0. The molecule has 0 aliphatic carbocycles. The Hall–Kier alpha value is 1.46. The Balaban J connectivity index is 0. The van der Waals surface area contributed by atoms with Gasteiger partial charge in [-0.15, -0.1) is 24.8 Å². The quantitative estimate of drug-likeness (QED) is 0.632. The van der Waals surface area contributed by atoms with Crippen molar-refractivity contribution in [3.05, 3.63) is 0 Å². The molecule has 0 atom stereocenters. The zero-order valence-electron chi connectivity index (χ0n) is 2.23. The first kappa shape index (κ1) is 50.9. The van der Waals surface area contributed by atoms with Crippen molar-refractivity contribution in [1.82, 2.24) is 6.15 Å². The van der Waals surface area contributed by atoms with E-state index in [0.29, 0.717) is 0 Å². The molecule has 4 heteroatoms. The fourth-order valence-corrected chi connectivity index (χ4v) is 0. The Bertz CT molecular complexity index is 6.00. The van der Waals surface area contributed by atoms with Gasteiger partial charge in [-0.25, -0.2) is 0 Å². The van der Waals surface area contributed by atoms with Gasteiger partial charge in [0.05, 0.1) is 0 Å². The summed E-state index contributed by atoms with van der Waals surface area (Å²) in [6.45, 7) is 0. The van der Waals surface area contributed by atoms with Crippen molar-refractivity contribution in [2.75, 3.05) is 0 Å². The van der Waals surface area contributed by atoms with Crippen LogP contribution in [0.2, 0.25) is 0 Å². The monoisotopic (exact) mass is 299 g/mol. The summed E-state index contributed by atoms with van der Waals surface area (Å²) in [4.78, 5) is 0. The Morgan fingerprint density at radius 3 is 0.750 bits per heavy atom. The molecule has 1 nitrogen and oxygen atoms in total. The molecule has 0 aliphatic rings. The molecule has 0 rings (SSSR count). The maximum absolute atomic E-state index is 0. The molecular weight excluding hydrogens is 292 g/mol. The zero-order chi connectivity index (χ0) is 0. The average molecular weight is 299 g/mol. The Kier molecular flexibility index (Phi) is 318. The van der Waals surface area contributed by atoms with Gasteiger partial charge in [-0.3, -0.25) is 0 Å². The summed E-state index contributed by atoms with van der Waals surface area (Å²) in [5.74, 6) is 0. The number of hydrogen-bond donors (Lipinski definition) is 1. The van der Waals surface area contributed by atoms with E-state index in [0.717, 1.165) is 0 Å². The van der Waals surface area contributed by atoms with Gasteiger partial charge in [0, 0.05) is 0 Å². The van der Waals surface area contributed by atoms with Gasteiger partial charge in [0.25, 0.3) is 0 Å². The van der Waals surface area contributed by atoms with Gasteiger partial charge >= 0.3 is 27.3 Å². The van der Waals surface area contributed by atoms with Crippen LogP contribution in [0.3, 0.4) is 0 Å². The van der Waals surface area contributed by atoms with E-state index in [1.54, 1.807) is 0 Å². The molecule has 0 unspecified atom stereocenters. The van der Waals surface area contributed by atoms with Crippen LogP contribution in [0, 0.1) is 0 Å². The summed E-state index contributed by atoms with van der Waals surface area (Å²) >= 11 is 0.